The number of esters is 1. The SMILES string of the molecule is Cc1c(C(=O)OCc2coc(-c3cccs3)n2)cccc1[N+](=O)[O-]. The molecule has 0 atom stereocenters. The first-order valence-electron chi connectivity index (χ1n) is 6.95. The van der Waals surface area contributed by atoms with Gasteiger partial charge in [-0.15, -0.1) is 11.3 Å². The van der Waals surface area contributed by atoms with Crippen molar-refractivity contribution in [2.45, 2.75) is 13.5 Å². The fourth-order valence-electron chi connectivity index (χ4n) is 2.15. The number of carbonyl (C=O) groups excluding carboxylic acids is 1. The third-order valence-electron chi connectivity index (χ3n) is 3.36. The van der Waals surface area contributed by atoms with Crippen molar-refractivity contribution in [2.75, 3.05) is 0 Å². The third kappa shape index (κ3) is 3.18. The fourth-order valence-corrected chi connectivity index (χ4v) is 2.80. The van der Waals surface area contributed by atoms with Crippen LogP contribution < -0.4 is 0 Å². The number of aromatic nitrogens is 1. The Labute approximate surface area is 140 Å². The largest absolute Gasteiger partial charge is 0.455 e. The van der Waals surface area contributed by atoms with Crippen LogP contribution in [0.15, 0.2) is 46.4 Å². The molecular formula is C16H12N2O5S. The van der Waals surface area contributed by atoms with Crippen LogP contribution in [0.4, 0.5) is 5.69 Å². The van der Waals surface area contributed by atoms with Gasteiger partial charge in [-0.3, -0.25) is 10.1 Å². The minimum Gasteiger partial charge on any atom is -0.455 e. The topological polar surface area (TPSA) is 95.5 Å². The van der Waals surface area contributed by atoms with Gasteiger partial charge in [0.25, 0.3) is 5.69 Å². The lowest BCUT2D eigenvalue weighted by Gasteiger charge is -2.06. The van der Waals surface area contributed by atoms with Gasteiger partial charge in [-0.05, 0) is 24.4 Å². The van der Waals surface area contributed by atoms with Crippen molar-refractivity contribution in [3.63, 3.8) is 0 Å². The Hall–Kier alpha value is -3.00. The second kappa shape index (κ2) is 6.63. The summed E-state index contributed by atoms with van der Waals surface area (Å²) in [4.78, 5) is 27.7. The molecule has 0 amide bonds. The first-order valence-corrected chi connectivity index (χ1v) is 7.83. The molecule has 8 heteroatoms. The third-order valence-corrected chi connectivity index (χ3v) is 4.21. The lowest BCUT2D eigenvalue weighted by Crippen LogP contribution is -2.08. The van der Waals surface area contributed by atoms with Crippen LogP contribution >= 0.6 is 11.3 Å². The van der Waals surface area contributed by atoms with E-state index in [1.807, 2.05) is 17.5 Å². The van der Waals surface area contributed by atoms with E-state index in [0.717, 1.165) is 4.88 Å². The van der Waals surface area contributed by atoms with E-state index in [9.17, 15) is 14.9 Å². The molecule has 0 N–H and O–H groups in total. The Bertz CT molecular complexity index is 886. The zero-order valence-electron chi connectivity index (χ0n) is 12.6. The van der Waals surface area contributed by atoms with E-state index >= 15 is 0 Å². The first kappa shape index (κ1) is 15.9. The van der Waals surface area contributed by atoms with Crippen LogP contribution in [-0.4, -0.2) is 15.9 Å². The predicted molar refractivity (Wildman–Crippen MR) is 86.8 cm³/mol. The van der Waals surface area contributed by atoms with Gasteiger partial charge < -0.3 is 9.15 Å². The Morgan fingerprint density at radius 3 is 2.92 bits per heavy atom. The Morgan fingerprint density at radius 2 is 2.21 bits per heavy atom. The minimum absolute atomic E-state index is 0.0736. The van der Waals surface area contributed by atoms with Crippen molar-refractivity contribution in [3.05, 3.63) is 68.9 Å². The van der Waals surface area contributed by atoms with E-state index in [2.05, 4.69) is 4.98 Å². The molecule has 0 bridgehead atoms. The summed E-state index contributed by atoms with van der Waals surface area (Å²) in [5.74, 6) is -0.181. The quantitative estimate of drug-likeness (QED) is 0.395. The highest BCUT2D eigenvalue weighted by atomic mass is 32.1. The van der Waals surface area contributed by atoms with Gasteiger partial charge >= 0.3 is 5.97 Å². The molecule has 0 fully saturated rings. The Morgan fingerprint density at radius 1 is 1.38 bits per heavy atom. The summed E-state index contributed by atoms with van der Waals surface area (Å²) >= 11 is 1.49. The van der Waals surface area contributed by atoms with E-state index in [4.69, 9.17) is 9.15 Å². The van der Waals surface area contributed by atoms with Gasteiger partial charge in [0, 0.05) is 11.6 Å². The van der Waals surface area contributed by atoms with E-state index in [-0.39, 0.29) is 23.4 Å². The molecule has 0 saturated carbocycles. The molecular weight excluding hydrogens is 332 g/mol. The molecule has 2 heterocycles. The maximum Gasteiger partial charge on any atom is 0.339 e. The van der Waals surface area contributed by atoms with E-state index in [1.165, 1.54) is 42.7 Å². The molecule has 0 aliphatic rings. The molecule has 0 unspecified atom stereocenters. The lowest BCUT2D eigenvalue weighted by atomic mass is 10.1. The number of hydrogen-bond donors (Lipinski definition) is 0. The summed E-state index contributed by atoms with van der Waals surface area (Å²) in [5.41, 5.74) is 0.777. The monoisotopic (exact) mass is 344 g/mol. The smallest absolute Gasteiger partial charge is 0.339 e. The summed E-state index contributed by atoms with van der Waals surface area (Å²) in [6, 6.07) is 8.04. The number of oxazole rings is 1. The standard InChI is InChI=1S/C16H12N2O5S/c1-10-12(4-2-5-13(10)18(20)21)16(19)23-9-11-8-22-15(17-11)14-6-3-7-24-14/h2-8H,9H2,1H3. The molecule has 24 heavy (non-hydrogen) atoms. The number of thiophene rings is 1. The fraction of sp³-hybridized carbons (Fsp3) is 0.125. The lowest BCUT2D eigenvalue weighted by molar-refractivity contribution is -0.385. The van der Waals surface area contributed by atoms with E-state index in [0.29, 0.717) is 11.6 Å². The molecule has 0 radical (unpaired) electrons. The highest BCUT2D eigenvalue weighted by molar-refractivity contribution is 7.13. The molecule has 3 rings (SSSR count). The van der Waals surface area contributed by atoms with Gasteiger partial charge in [0.1, 0.15) is 18.6 Å². The highest BCUT2D eigenvalue weighted by Crippen LogP contribution is 2.24. The number of rotatable bonds is 5. The zero-order valence-corrected chi connectivity index (χ0v) is 13.4. The average Bonchev–Trinajstić information content (AvgIpc) is 3.23. The summed E-state index contributed by atoms with van der Waals surface area (Å²) in [6.45, 7) is 1.44. The highest BCUT2D eigenvalue weighted by Gasteiger charge is 2.19. The van der Waals surface area contributed by atoms with Gasteiger partial charge in [-0.25, -0.2) is 9.78 Å². The summed E-state index contributed by atoms with van der Waals surface area (Å²) < 4.78 is 10.5. The van der Waals surface area contributed by atoms with Crippen LogP contribution in [0.25, 0.3) is 10.8 Å². The molecule has 0 spiro atoms. The molecule has 122 valence electrons. The number of ether oxygens (including phenoxy) is 1. The molecule has 1 aromatic carbocycles. The van der Waals surface area contributed by atoms with Gasteiger partial charge in [0.05, 0.1) is 15.4 Å². The van der Waals surface area contributed by atoms with E-state index in [1.54, 1.807) is 0 Å². The van der Waals surface area contributed by atoms with E-state index < -0.39 is 10.9 Å². The van der Waals surface area contributed by atoms with Gasteiger partial charge in [-0.2, -0.15) is 0 Å². The second-order valence-corrected chi connectivity index (χ2v) is 5.85. The zero-order chi connectivity index (χ0) is 17.1. The first-order chi connectivity index (χ1) is 11.6. The van der Waals surface area contributed by atoms with Gasteiger partial charge in [-0.1, -0.05) is 12.1 Å². The van der Waals surface area contributed by atoms with Crippen LogP contribution in [0.1, 0.15) is 21.6 Å². The summed E-state index contributed by atoms with van der Waals surface area (Å²) in [7, 11) is 0. The molecule has 7 nitrogen and oxygen atoms in total. The van der Waals surface area contributed by atoms with Gasteiger partial charge in [0.15, 0.2) is 0 Å². The van der Waals surface area contributed by atoms with Crippen molar-refractivity contribution in [3.8, 4) is 10.8 Å². The summed E-state index contributed by atoms with van der Waals surface area (Å²) in [5, 5.41) is 12.8. The number of hydrogen-bond acceptors (Lipinski definition) is 7. The van der Waals surface area contributed by atoms with Gasteiger partial charge in [0.2, 0.25) is 5.89 Å². The molecule has 2 aromatic heterocycles. The number of carbonyl (C=O) groups is 1. The van der Waals surface area contributed by atoms with Crippen molar-refractivity contribution >= 4 is 23.0 Å². The second-order valence-electron chi connectivity index (χ2n) is 4.90. The number of nitro groups is 1. The predicted octanol–water partition coefficient (Wildman–Crippen LogP) is 3.98. The normalized spacial score (nSPS) is 10.5. The average molecular weight is 344 g/mol. The van der Waals surface area contributed by atoms with Crippen LogP contribution in [0.3, 0.4) is 0 Å². The Kier molecular flexibility index (Phi) is 4.39. The summed E-state index contributed by atoms with van der Waals surface area (Å²) in [6.07, 6.45) is 1.42. The number of benzene rings is 1. The van der Waals surface area contributed by atoms with Crippen LogP contribution in [-0.2, 0) is 11.3 Å². The van der Waals surface area contributed by atoms with Crippen LogP contribution in [0.2, 0.25) is 0 Å². The molecule has 0 aliphatic heterocycles. The van der Waals surface area contributed by atoms with Crippen LogP contribution in [0.5, 0.6) is 0 Å². The number of nitro benzene ring substituents is 1. The van der Waals surface area contributed by atoms with Crippen molar-refractivity contribution in [2.24, 2.45) is 0 Å². The molecule has 0 saturated heterocycles. The van der Waals surface area contributed by atoms with Crippen molar-refractivity contribution in [1.82, 2.24) is 4.98 Å². The molecule has 0 aliphatic carbocycles. The van der Waals surface area contributed by atoms with Crippen LogP contribution in [0, 0.1) is 17.0 Å². The van der Waals surface area contributed by atoms with Crippen molar-refractivity contribution in [1.29, 1.82) is 0 Å². The maximum absolute atomic E-state index is 12.1. The Balaban J connectivity index is 1.70. The maximum atomic E-state index is 12.1. The number of nitrogens with zero attached hydrogens (tertiary/aromatic N) is 2. The minimum atomic E-state index is -0.642. The van der Waals surface area contributed by atoms with Crippen molar-refractivity contribution < 1.29 is 18.9 Å². The molecule has 3 aromatic rings.